The summed E-state index contributed by atoms with van der Waals surface area (Å²) >= 11 is 0. The fraction of sp³-hybridized carbons (Fsp3) is 0.529. The molecule has 115 valence electrons. The molecule has 0 amide bonds. The van der Waals surface area contributed by atoms with E-state index in [0.717, 1.165) is 30.7 Å². The maximum absolute atomic E-state index is 5.90. The first-order chi connectivity index (χ1) is 10.3. The van der Waals surface area contributed by atoms with Gasteiger partial charge in [-0.15, -0.1) is 5.98 Å². The predicted octanol–water partition coefficient (Wildman–Crippen LogP) is 4.11. The minimum atomic E-state index is 0.641. The Balaban J connectivity index is 3.06. The lowest BCUT2D eigenvalue weighted by Crippen LogP contribution is -2.12. The quantitative estimate of drug-likeness (QED) is 0.598. The second-order valence-corrected chi connectivity index (χ2v) is 4.71. The molecular formula is C17H26BO3. The van der Waals surface area contributed by atoms with E-state index in [0.29, 0.717) is 25.6 Å². The van der Waals surface area contributed by atoms with Gasteiger partial charge >= 0.3 is 0 Å². The maximum atomic E-state index is 5.90. The molecule has 1 aliphatic heterocycles. The minimum Gasteiger partial charge on any atom is -0.504 e. The summed E-state index contributed by atoms with van der Waals surface area (Å²) in [5.41, 5.74) is 0.729. The van der Waals surface area contributed by atoms with E-state index < -0.39 is 0 Å². The van der Waals surface area contributed by atoms with Crippen LogP contribution in [-0.4, -0.2) is 27.1 Å². The molecule has 1 heterocycles. The van der Waals surface area contributed by atoms with Crippen molar-refractivity contribution >= 4 is 7.28 Å². The average molecular weight is 289 g/mol. The first-order valence-corrected chi connectivity index (χ1v) is 7.84. The molecule has 21 heavy (non-hydrogen) atoms. The Morgan fingerprint density at radius 1 is 0.810 bits per heavy atom. The largest absolute Gasteiger partial charge is 0.504 e. The van der Waals surface area contributed by atoms with Crippen molar-refractivity contribution in [3.8, 4) is 0 Å². The SMILES string of the molecule is CCCOC1=CC=CC=C[B]C(OCCC)=C1OCCC. The Morgan fingerprint density at radius 2 is 1.48 bits per heavy atom. The minimum absolute atomic E-state index is 0.641. The Hall–Kier alpha value is -1.58. The molecule has 3 nitrogen and oxygen atoms in total. The maximum Gasteiger partial charge on any atom is 0.236 e. The van der Waals surface area contributed by atoms with E-state index in [-0.39, 0.29) is 0 Å². The lowest BCUT2D eigenvalue weighted by molar-refractivity contribution is 0.129. The molecule has 0 spiro atoms. The van der Waals surface area contributed by atoms with Gasteiger partial charge in [-0.05, 0) is 25.3 Å². The molecule has 0 fully saturated rings. The number of hydrogen-bond acceptors (Lipinski definition) is 3. The molecule has 4 heteroatoms. The van der Waals surface area contributed by atoms with Gasteiger partial charge in [0.2, 0.25) is 7.28 Å². The number of allylic oxidation sites excluding steroid dienone is 4. The van der Waals surface area contributed by atoms with Gasteiger partial charge in [0.25, 0.3) is 0 Å². The van der Waals surface area contributed by atoms with Crippen LogP contribution in [0.1, 0.15) is 40.0 Å². The first-order valence-electron chi connectivity index (χ1n) is 7.84. The molecule has 0 N–H and O–H groups in total. The highest BCUT2D eigenvalue weighted by molar-refractivity contribution is 6.50. The molecule has 0 saturated carbocycles. The normalized spacial score (nSPS) is 14.7. The molecule has 0 saturated heterocycles. The fourth-order valence-corrected chi connectivity index (χ4v) is 1.68. The summed E-state index contributed by atoms with van der Waals surface area (Å²) in [6.45, 7) is 8.22. The molecule has 1 rings (SSSR count). The van der Waals surface area contributed by atoms with E-state index in [4.69, 9.17) is 14.2 Å². The van der Waals surface area contributed by atoms with Gasteiger partial charge in [-0.3, -0.25) is 0 Å². The molecule has 0 unspecified atom stereocenters. The van der Waals surface area contributed by atoms with Gasteiger partial charge in [0.1, 0.15) is 0 Å². The van der Waals surface area contributed by atoms with Crippen LogP contribution in [0.4, 0.5) is 0 Å². The summed E-state index contributed by atoms with van der Waals surface area (Å²) in [7, 11) is 1.93. The van der Waals surface area contributed by atoms with Crippen molar-refractivity contribution in [3.63, 3.8) is 0 Å². The van der Waals surface area contributed by atoms with Crippen molar-refractivity contribution in [2.75, 3.05) is 19.8 Å². The van der Waals surface area contributed by atoms with Crippen molar-refractivity contribution in [2.45, 2.75) is 40.0 Å². The van der Waals surface area contributed by atoms with Crippen LogP contribution in [0, 0.1) is 0 Å². The molecule has 0 bridgehead atoms. The van der Waals surface area contributed by atoms with E-state index in [9.17, 15) is 0 Å². The van der Waals surface area contributed by atoms with Gasteiger partial charge in [-0.25, -0.2) is 0 Å². The second-order valence-electron chi connectivity index (χ2n) is 4.71. The Morgan fingerprint density at radius 3 is 2.19 bits per heavy atom. The molecule has 1 aliphatic rings. The summed E-state index contributed by atoms with van der Waals surface area (Å²) in [4.78, 5) is 0. The van der Waals surface area contributed by atoms with Crippen molar-refractivity contribution in [1.82, 2.24) is 0 Å². The highest BCUT2D eigenvalue weighted by atomic mass is 16.5. The molecule has 0 aromatic rings. The first kappa shape index (κ1) is 17.5. The lowest BCUT2D eigenvalue weighted by atomic mass is 9.75. The van der Waals surface area contributed by atoms with E-state index in [1.807, 2.05) is 37.6 Å². The van der Waals surface area contributed by atoms with E-state index in [1.165, 1.54) is 0 Å². The zero-order valence-corrected chi connectivity index (χ0v) is 13.4. The van der Waals surface area contributed by atoms with E-state index in [1.54, 1.807) is 0 Å². The third-order valence-corrected chi connectivity index (χ3v) is 2.65. The third-order valence-electron chi connectivity index (χ3n) is 2.65. The monoisotopic (exact) mass is 289 g/mol. The van der Waals surface area contributed by atoms with Crippen molar-refractivity contribution in [2.24, 2.45) is 0 Å². The van der Waals surface area contributed by atoms with Crippen LogP contribution in [-0.2, 0) is 14.2 Å². The van der Waals surface area contributed by atoms with Gasteiger partial charge < -0.3 is 14.2 Å². The van der Waals surface area contributed by atoms with Crippen molar-refractivity contribution < 1.29 is 14.2 Å². The topological polar surface area (TPSA) is 27.7 Å². The zero-order chi connectivity index (χ0) is 15.3. The van der Waals surface area contributed by atoms with Crippen LogP contribution in [0.2, 0.25) is 0 Å². The van der Waals surface area contributed by atoms with Crippen LogP contribution in [0.3, 0.4) is 0 Å². The van der Waals surface area contributed by atoms with Gasteiger partial charge in [0.15, 0.2) is 11.5 Å². The van der Waals surface area contributed by atoms with Crippen LogP contribution >= 0.6 is 0 Å². The fourth-order valence-electron chi connectivity index (χ4n) is 1.68. The predicted molar refractivity (Wildman–Crippen MR) is 87.9 cm³/mol. The number of ether oxygens (including phenoxy) is 3. The zero-order valence-electron chi connectivity index (χ0n) is 13.4. The molecule has 1 radical (unpaired) electrons. The number of hydrogen-bond donors (Lipinski definition) is 0. The van der Waals surface area contributed by atoms with E-state index in [2.05, 4.69) is 20.8 Å². The molecule has 0 aromatic heterocycles. The van der Waals surface area contributed by atoms with E-state index >= 15 is 0 Å². The standard InChI is InChI=1S/C17H26BO3/c1-4-12-19-15-10-8-7-9-11-18-17(21-14-6-3)16(15)20-13-5-2/h7-11H,4-6,12-14H2,1-3H3. The Bertz CT molecular complexity index is 408. The molecular weight excluding hydrogens is 263 g/mol. The second kappa shape index (κ2) is 11.1. The Kier molecular flexibility index (Phi) is 9.26. The van der Waals surface area contributed by atoms with Crippen molar-refractivity contribution in [3.05, 3.63) is 47.5 Å². The molecule has 0 aromatic carbocycles. The molecule has 0 atom stereocenters. The summed E-state index contributed by atoms with van der Waals surface area (Å²) in [6, 6.07) is 0. The van der Waals surface area contributed by atoms with Crippen molar-refractivity contribution in [1.29, 1.82) is 0 Å². The van der Waals surface area contributed by atoms with Crippen LogP contribution in [0.5, 0.6) is 0 Å². The summed E-state index contributed by atoms with van der Waals surface area (Å²) < 4.78 is 17.6. The highest BCUT2D eigenvalue weighted by Crippen LogP contribution is 2.21. The van der Waals surface area contributed by atoms with Gasteiger partial charge in [-0.1, -0.05) is 39.0 Å². The summed E-state index contributed by atoms with van der Waals surface area (Å²) in [5.74, 6) is 3.37. The van der Waals surface area contributed by atoms with Gasteiger partial charge in [-0.2, -0.15) is 0 Å². The third kappa shape index (κ3) is 6.61. The smallest absolute Gasteiger partial charge is 0.236 e. The number of rotatable bonds is 9. The molecule has 0 aliphatic carbocycles. The average Bonchev–Trinajstić information content (AvgIpc) is 2.59. The van der Waals surface area contributed by atoms with Gasteiger partial charge in [0, 0.05) is 0 Å². The lowest BCUT2D eigenvalue weighted by Gasteiger charge is -2.19. The highest BCUT2D eigenvalue weighted by Gasteiger charge is 2.16. The van der Waals surface area contributed by atoms with Crippen LogP contribution < -0.4 is 0 Å². The van der Waals surface area contributed by atoms with Crippen LogP contribution in [0.25, 0.3) is 0 Å². The summed E-state index contributed by atoms with van der Waals surface area (Å²) in [6.07, 6.45) is 10.7. The van der Waals surface area contributed by atoms with Crippen LogP contribution in [0.15, 0.2) is 47.5 Å². The Labute approximate surface area is 129 Å². The van der Waals surface area contributed by atoms with Gasteiger partial charge in [0.05, 0.1) is 25.5 Å². The summed E-state index contributed by atoms with van der Waals surface area (Å²) in [5, 5.41) is 0.